The second kappa shape index (κ2) is 4.99. The Morgan fingerprint density at radius 1 is 1.40 bits per heavy atom. The minimum atomic E-state index is 0.501. The topological polar surface area (TPSA) is 21.3 Å². The molecule has 0 amide bonds. The number of hydrogen-bond donors (Lipinski definition) is 1. The zero-order valence-electron chi connectivity index (χ0n) is 8.92. The summed E-state index contributed by atoms with van der Waals surface area (Å²) in [6.45, 7) is 1.13. The molecule has 1 aromatic carbocycles. The van der Waals surface area contributed by atoms with Crippen LogP contribution in [-0.4, -0.2) is 13.7 Å². The normalized spacial score (nSPS) is 21.3. The monoisotopic (exact) mass is 269 g/mol. The third-order valence-corrected chi connectivity index (χ3v) is 3.54. The highest BCUT2D eigenvalue weighted by molar-refractivity contribution is 9.10. The molecule has 2 nitrogen and oxygen atoms in total. The molecule has 1 aliphatic heterocycles. The van der Waals surface area contributed by atoms with Crippen LogP contribution in [0.25, 0.3) is 0 Å². The molecule has 3 heteroatoms. The highest BCUT2D eigenvalue weighted by Crippen LogP contribution is 2.30. The Kier molecular flexibility index (Phi) is 3.65. The Bertz CT molecular complexity index is 334. The van der Waals surface area contributed by atoms with Crippen LogP contribution in [0.4, 0.5) is 0 Å². The number of ether oxygens (including phenoxy) is 1. The molecule has 1 aliphatic rings. The van der Waals surface area contributed by atoms with E-state index < -0.39 is 0 Å². The first-order valence-electron chi connectivity index (χ1n) is 5.38. The molecule has 0 radical (unpaired) electrons. The number of benzene rings is 1. The Morgan fingerprint density at radius 3 is 2.93 bits per heavy atom. The first-order chi connectivity index (χ1) is 7.31. The van der Waals surface area contributed by atoms with Crippen molar-refractivity contribution in [1.29, 1.82) is 0 Å². The van der Waals surface area contributed by atoms with Gasteiger partial charge in [0.25, 0.3) is 0 Å². The first kappa shape index (κ1) is 11.0. The molecular formula is C12H16BrNO. The molecule has 0 saturated carbocycles. The van der Waals surface area contributed by atoms with E-state index in [0.29, 0.717) is 6.04 Å². The summed E-state index contributed by atoms with van der Waals surface area (Å²) in [5.41, 5.74) is 1.33. The lowest BCUT2D eigenvalue weighted by atomic mass is 9.97. The van der Waals surface area contributed by atoms with Gasteiger partial charge >= 0.3 is 0 Å². The average Bonchev–Trinajstić information content (AvgIpc) is 2.31. The van der Waals surface area contributed by atoms with Crippen LogP contribution in [0, 0.1) is 0 Å². The minimum Gasteiger partial charge on any atom is -0.496 e. The summed E-state index contributed by atoms with van der Waals surface area (Å²) in [4.78, 5) is 0. The van der Waals surface area contributed by atoms with Gasteiger partial charge in [0, 0.05) is 6.04 Å². The Morgan fingerprint density at radius 2 is 2.27 bits per heavy atom. The van der Waals surface area contributed by atoms with E-state index in [9.17, 15) is 0 Å². The van der Waals surface area contributed by atoms with Crippen LogP contribution in [-0.2, 0) is 0 Å². The molecule has 1 heterocycles. The van der Waals surface area contributed by atoms with Gasteiger partial charge in [-0.25, -0.2) is 0 Å². The lowest BCUT2D eigenvalue weighted by molar-refractivity contribution is 0.398. The number of rotatable bonds is 2. The van der Waals surface area contributed by atoms with Gasteiger partial charge in [-0.05, 0) is 53.0 Å². The second-order valence-corrected chi connectivity index (χ2v) is 4.75. The van der Waals surface area contributed by atoms with Crippen LogP contribution in [0.3, 0.4) is 0 Å². The number of nitrogens with one attached hydrogen (secondary N) is 1. The van der Waals surface area contributed by atoms with Crippen LogP contribution in [0.15, 0.2) is 22.7 Å². The standard InChI is InChI=1S/C12H16BrNO/c1-15-12-8-9(5-6-10(12)13)11-4-2-3-7-14-11/h5-6,8,11,14H,2-4,7H2,1H3. The molecule has 1 fully saturated rings. The molecule has 1 aromatic rings. The maximum Gasteiger partial charge on any atom is 0.133 e. The zero-order chi connectivity index (χ0) is 10.7. The average molecular weight is 270 g/mol. The van der Waals surface area contributed by atoms with Gasteiger partial charge in [0.15, 0.2) is 0 Å². The van der Waals surface area contributed by atoms with Gasteiger partial charge in [-0.15, -0.1) is 0 Å². The fourth-order valence-corrected chi connectivity index (χ4v) is 2.44. The number of piperidine rings is 1. The highest BCUT2D eigenvalue weighted by Gasteiger charge is 2.15. The van der Waals surface area contributed by atoms with Gasteiger partial charge in [0.1, 0.15) is 5.75 Å². The fraction of sp³-hybridized carbons (Fsp3) is 0.500. The molecule has 1 N–H and O–H groups in total. The quantitative estimate of drug-likeness (QED) is 0.890. The van der Waals surface area contributed by atoms with Crippen molar-refractivity contribution in [2.75, 3.05) is 13.7 Å². The van der Waals surface area contributed by atoms with Crippen molar-refractivity contribution in [1.82, 2.24) is 5.32 Å². The van der Waals surface area contributed by atoms with Gasteiger partial charge in [-0.2, -0.15) is 0 Å². The predicted molar refractivity (Wildman–Crippen MR) is 65.3 cm³/mol. The van der Waals surface area contributed by atoms with Crippen molar-refractivity contribution in [3.63, 3.8) is 0 Å². The molecule has 1 atom stereocenters. The number of methoxy groups -OCH3 is 1. The summed E-state index contributed by atoms with van der Waals surface area (Å²) >= 11 is 3.47. The summed E-state index contributed by atoms with van der Waals surface area (Å²) in [6, 6.07) is 6.84. The van der Waals surface area contributed by atoms with E-state index in [1.807, 2.05) is 0 Å². The summed E-state index contributed by atoms with van der Waals surface area (Å²) in [7, 11) is 1.71. The van der Waals surface area contributed by atoms with E-state index in [0.717, 1.165) is 16.8 Å². The predicted octanol–water partition coefficient (Wildman–Crippen LogP) is 3.27. The molecule has 0 aromatic heterocycles. The van der Waals surface area contributed by atoms with Crippen LogP contribution >= 0.6 is 15.9 Å². The molecule has 0 spiro atoms. The minimum absolute atomic E-state index is 0.501. The van der Waals surface area contributed by atoms with Gasteiger partial charge in [0.2, 0.25) is 0 Å². The Balaban J connectivity index is 2.20. The summed E-state index contributed by atoms with van der Waals surface area (Å²) in [6.07, 6.45) is 3.84. The van der Waals surface area contributed by atoms with Crippen LogP contribution in [0.2, 0.25) is 0 Å². The molecular weight excluding hydrogens is 254 g/mol. The largest absolute Gasteiger partial charge is 0.496 e. The first-order valence-corrected chi connectivity index (χ1v) is 6.17. The number of halogens is 1. The van der Waals surface area contributed by atoms with E-state index >= 15 is 0 Å². The molecule has 1 saturated heterocycles. The Hall–Kier alpha value is -0.540. The van der Waals surface area contributed by atoms with E-state index in [1.165, 1.54) is 24.8 Å². The van der Waals surface area contributed by atoms with Crippen LogP contribution in [0.5, 0.6) is 5.75 Å². The fourth-order valence-electron chi connectivity index (χ4n) is 2.03. The molecule has 1 unspecified atom stereocenters. The molecule has 82 valence electrons. The van der Waals surface area contributed by atoms with Crippen molar-refractivity contribution in [3.05, 3.63) is 28.2 Å². The van der Waals surface area contributed by atoms with Crippen molar-refractivity contribution < 1.29 is 4.74 Å². The van der Waals surface area contributed by atoms with E-state index in [-0.39, 0.29) is 0 Å². The Labute approximate surface area is 99.1 Å². The smallest absolute Gasteiger partial charge is 0.133 e. The van der Waals surface area contributed by atoms with E-state index in [4.69, 9.17) is 4.74 Å². The van der Waals surface area contributed by atoms with Crippen LogP contribution in [0.1, 0.15) is 30.9 Å². The maximum atomic E-state index is 5.30. The van der Waals surface area contributed by atoms with Gasteiger partial charge in [-0.3, -0.25) is 0 Å². The molecule has 0 aliphatic carbocycles. The van der Waals surface area contributed by atoms with E-state index in [2.05, 4.69) is 39.4 Å². The molecule has 15 heavy (non-hydrogen) atoms. The van der Waals surface area contributed by atoms with Crippen molar-refractivity contribution in [2.24, 2.45) is 0 Å². The van der Waals surface area contributed by atoms with E-state index in [1.54, 1.807) is 7.11 Å². The van der Waals surface area contributed by atoms with Crippen LogP contribution < -0.4 is 10.1 Å². The molecule has 0 bridgehead atoms. The van der Waals surface area contributed by atoms with Crippen molar-refractivity contribution >= 4 is 15.9 Å². The third kappa shape index (κ3) is 2.52. The lowest BCUT2D eigenvalue weighted by Crippen LogP contribution is -2.26. The molecule has 2 rings (SSSR count). The third-order valence-electron chi connectivity index (χ3n) is 2.89. The summed E-state index contributed by atoms with van der Waals surface area (Å²) in [5, 5.41) is 3.54. The lowest BCUT2D eigenvalue weighted by Gasteiger charge is -2.24. The summed E-state index contributed by atoms with van der Waals surface area (Å²) in [5.74, 6) is 0.917. The van der Waals surface area contributed by atoms with Crippen molar-refractivity contribution in [3.8, 4) is 5.75 Å². The highest BCUT2D eigenvalue weighted by atomic mass is 79.9. The van der Waals surface area contributed by atoms with Gasteiger partial charge < -0.3 is 10.1 Å². The summed E-state index contributed by atoms with van der Waals surface area (Å²) < 4.78 is 6.32. The van der Waals surface area contributed by atoms with Crippen molar-refractivity contribution in [2.45, 2.75) is 25.3 Å². The zero-order valence-corrected chi connectivity index (χ0v) is 10.5. The second-order valence-electron chi connectivity index (χ2n) is 3.90. The van der Waals surface area contributed by atoms with Gasteiger partial charge in [0.05, 0.1) is 11.6 Å². The SMILES string of the molecule is COc1cc(C2CCCCN2)ccc1Br. The maximum absolute atomic E-state index is 5.30. The van der Waals surface area contributed by atoms with Gasteiger partial charge in [-0.1, -0.05) is 12.5 Å². The number of hydrogen-bond acceptors (Lipinski definition) is 2.